The Balaban J connectivity index is 1.30. The molecule has 28 heavy (non-hydrogen) atoms. The summed E-state index contributed by atoms with van der Waals surface area (Å²) in [4.78, 5) is 39.1. The van der Waals surface area contributed by atoms with E-state index in [4.69, 9.17) is 0 Å². The Hall–Kier alpha value is -3.16. The van der Waals surface area contributed by atoms with Gasteiger partial charge in [-0.15, -0.1) is 0 Å². The molecular weight excluding hydrogens is 356 g/mol. The molecule has 1 aromatic heterocycles. The maximum absolute atomic E-state index is 12.6. The molecular formula is C20H24N6O2. The zero-order valence-electron chi connectivity index (χ0n) is 15.9. The zero-order chi connectivity index (χ0) is 19.5. The predicted octanol–water partition coefficient (Wildman–Crippen LogP) is 1.42. The van der Waals surface area contributed by atoms with E-state index in [1.807, 2.05) is 31.2 Å². The molecule has 8 nitrogen and oxygen atoms in total. The van der Waals surface area contributed by atoms with Crippen LogP contribution < -0.4 is 15.1 Å². The van der Waals surface area contributed by atoms with E-state index >= 15 is 0 Å². The van der Waals surface area contributed by atoms with Crippen LogP contribution in [0, 0.1) is 6.92 Å². The van der Waals surface area contributed by atoms with Crippen LogP contribution in [0.25, 0.3) is 0 Å². The van der Waals surface area contributed by atoms with Gasteiger partial charge in [0.1, 0.15) is 5.82 Å². The summed E-state index contributed by atoms with van der Waals surface area (Å²) < 4.78 is 0. The van der Waals surface area contributed by atoms with E-state index in [0.717, 1.165) is 17.1 Å². The van der Waals surface area contributed by atoms with Crippen LogP contribution in [0.1, 0.15) is 12.0 Å². The number of nitrogens with zero attached hydrogens (tertiary/aromatic N) is 5. The molecule has 1 atom stereocenters. The number of piperazine rings is 1. The van der Waals surface area contributed by atoms with Crippen LogP contribution in [0.2, 0.25) is 0 Å². The molecule has 1 N–H and O–H groups in total. The summed E-state index contributed by atoms with van der Waals surface area (Å²) in [5.74, 6) is 0.874. The van der Waals surface area contributed by atoms with Crippen molar-refractivity contribution in [1.29, 1.82) is 0 Å². The van der Waals surface area contributed by atoms with Crippen LogP contribution >= 0.6 is 0 Å². The highest BCUT2D eigenvalue weighted by atomic mass is 16.2. The fourth-order valence-corrected chi connectivity index (χ4v) is 3.64. The van der Waals surface area contributed by atoms with Gasteiger partial charge < -0.3 is 20.0 Å². The van der Waals surface area contributed by atoms with E-state index in [0.29, 0.717) is 39.1 Å². The molecule has 2 fully saturated rings. The van der Waals surface area contributed by atoms with Crippen LogP contribution in [-0.2, 0) is 4.79 Å². The third-order valence-corrected chi connectivity index (χ3v) is 5.24. The van der Waals surface area contributed by atoms with Gasteiger partial charge in [0.15, 0.2) is 0 Å². The average molecular weight is 380 g/mol. The van der Waals surface area contributed by atoms with Gasteiger partial charge in [0, 0.05) is 57.2 Å². The minimum Gasteiger partial charge on any atom is -0.352 e. The SMILES string of the molecule is Cc1ccc(N2C[C@H](NC(=O)N3CCN(c4cnccn4)CC3)CC2=O)cc1. The number of carbonyl (C=O) groups is 2. The molecule has 0 unspecified atom stereocenters. The van der Waals surface area contributed by atoms with Gasteiger partial charge in [0.2, 0.25) is 5.91 Å². The third-order valence-electron chi connectivity index (χ3n) is 5.24. The quantitative estimate of drug-likeness (QED) is 0.871. The van der Waals surface area contributed by atoms with Gasteiger partial charge in [-0.2, -0.15) is 0 Å². The van der Waals surface area contributed by atoms with E-state index in [2.05, 4.69) is 20.2 Å². The summed E-state index contributed by atoms with van der Waals surface area (Å²) in [6.45, 7) is 5.18. The van der Waals surface area contributed by atoms with Crippen molar-refractivity contribution < 1.29 is 9.59 Å². The van der Waals surface area contributed by atoms with Gasteiger partial charge in [0.25, 0.3) is 0 Å². The molecule has 2 aromatic rings. The monoisotopic (exact) mass is 380 g/mol. The van der Waals surface area contributed by atoms with Crippen molar-refractivity contribution in [3.05, 3.63) is 48.4 Å². The first-order valence-electron chi connectivity index (χ1n) is 9.53. The van der Waals surface area contributed by atoms with Crippen LogP contribution in [0.3, 0.4) is 0 Å². The summed E-state index contributed by atoms with van der Waals surface area (Å²) >= 11 is 0. The Bertz CT molecular complexity index is 834. The Morgan fingerprint density at radius 3 is 2.54 bits per heavy atom. The van der Waals surface area contributed by atoms with Gasteiger partial charge in [0.05, 0.1) is 12.2 Å². The van der Waals surface area contributed by atoms with E-state index < -0.39 is 0 Å². The Kier molecular flexibility index (Phi) is 5.10. The molecule has 2 aliphatic rings. The maximum atomic E-state index is 12.6. The van der Waals surface area contributed by atoms with E-state index in [9.17, 15) is 9.59 Å². The number of benzene rings is 1. The van der Waals surface area contributed by atoms with Gasteiger partial charge in [-0.3, -0.25) is 9.78 Å². The van der Waals surface area contributed by atoms with Crippen LogP contribution in [0.5, 0.6) is 0 Å². The van der Waals surface area contributed by atoms with Crippen molar-refractivity contribution >= 4 is 23.4 Å². The van der Waals surface area contributed by atoms with Crippen molar-refractivity contribution in [3.8, 4) is 0 Å². The lowest BCUT2D eigenvalue weighted by Crippen LogP contribution is -2.54. The molecule has 0 aliphatic carbocycles. The minimum absolute atomic E-state index is 0.0432. The van der Waals surface area contributed by atoms with Gasteiger partial charge >= 0.3 is 6.03 Å². The summed E-state index contributed by atoms with van der Waals surface area (Å²) in [6, 6.07) is 7.60. The maximum Gasteiger partial charge on any atom is 0.317 e. The topological polar surface area (TPSA) is 81.7 Å². The van der Waals surface area contributed by atoms with Gasteiger partial charge in [-0.25, -0.2) is 9.78 Å². The summed E-state index contributed by atoms with van der Waals surface area (Å²) in [6.07, 6.45) is 5.39. The number of carbonyl (C=O) groups excluding carboxylic acids is 2. The standard InChI is InChI=1S/C20H24N6O2/c1-15-2-4-17(5-3-15)26-14-16(12-19(26)27)23-20(28)25-10-8-24(9-11-25)18-13-21-6-7-22-18/h2-7,13,16H,8-12,14H2,1H3,(H,23,28)/t16-/m1/s1. The number of hydrogen-bond acceptors (Lipinski definition) is 5. The fraction of sp³-hybridized carbons (Fsp3) is 0.400. The highest BCUT2D eigenvalue weighted by molar-refractivity contribution is 5.96. The highest BCUT2D eigenvalue weighted by Gasteiger charge is 2.33. The van der Waals surface area contributed by atoms with Crippen molar-refractivity contribution in [2.45, 2.75) is 19.4 Å². The number of rotatable bonds is 3. The first-order valence-corrected chi connectivity index (χ1v) is 9.53. The second-order valence-electron chi connectivity index (χ2n) is 7.23. The molecule has 0 saturated carbocycles. The molecule has 2 saturated heterocycles. The summed E-state index contributed by atoms with van der Waals surface area (Å²) in [7, 11) is 0. The molecule has 0 bridgehead atoms. The van der Waals surface area contributed by atoms with Crippen LogP contribution in [0.15, 0.2) is 42.9 Å². The zero-order valence-corrected chi connectivity index (χ0v) is 15.9. The highest BCUT2D eigenvalue weighted by Crippen LogP contribution is 2.22. The van der Waals surface area contributed by atoms with Gasteiger partial charge in [-0.1, -0.05) is 17.7 Å². The third kappa shape index (κ3) is 3.90. The first-order chi connectivity index (χ1) is 13.6. The predicted molar refractivity (Wildman–Crippen MR) is 106 cm³/mol. The molecule has 0 radical (unpaired) electrons. The number of urea groups is 1. The van der Waals surface area contributed by atoms with Crippen molar-refractivity contribution in [2.75, 3.05) is 42.5 Å². The summed E-state index contributed by atoms with van der Waals surface area (Å²) in [5.41, 5.74) is 2.03. The van der Waals surface area contributed by atoms with E-state index in [1.165, 1.54) is 0 Å². The van der Waals surface area contributed by atoms with Crippen molar-refractivity contribution in [1.82, 2.24) is 20.2 Å². The summed E-state index contributed by atoms with van der Waals surface area (Å²) in [5, 5.41) is 3.02. The molecule has 4 rings (SSSR count). The molecule has 1 aromatic carbocycles. The van der Waals surface area contributed by atoms with E-state index in [1.54, 1.807) is 28.4 Å². The first kappa shape index (κ1) is 18.2. The lowest BCUT2D eigenvalue weighted by Gasteiger charge is -2.35. The largest absolute Gasteiger partial charge is 0.352 e. The normalized spacial score (nSPS) is 19.8. The Morgan fingerprint density at radius 1 is 1.11 bits per heavy atom. The molecule has 2 aliphatic heterocycles. The Labute approximate surface area is 164 Å². The number of nitrogens with one attached hydrogen (secondary N) is 1. The lowest BCUT2D eigenvalue weighted by atomic mass is 10.2. The van der Waals surface area contributed by atoms with Gasteiger partial charge in [-0.05, 0) is 19.1 Å². The fourth-order valence-electron chi connectivity index (χ4n) is 3.64. The minimum atomic E-state index is -0.167. The number of anilines is 2. The molecule has 0 spiro atoms. The number of aryl methyl sites for hydroxylation is 1. The molecule has 3 heterocycles. The molecule has 146 valence electrons. The number of hydrogen-bond donors (Lipinski definition) is 1. The number of aromatic nitrogens is 2. The number of amides is 3. The smallest absolute Gasteiger partial charge is 0.317 e. The second kappa shape index (κ2) is 7.84. The lowest BCUT2D eigenvalue weighted by molar-refractivity contribution is -0.117. The average Bonchev–Trinajstić information content (AvgIpc) is 3.09. The van der Waals surface area contributed by atoms with Crippen molar-refractivity contribution in [3.63, 3.8) is 0 Å². The van der Waals surface area contributed by atoms with Crippen molar-refractivity contribution in [2.24, 2.45) is 0 Å². The molecule has 8 heteroatoms. The van der Waals surface area contributed by atoms with Crippen LogP contribution in [-0.4, -0.2) is 65.6 Å². The van der Waals surface area contributed by atoms with E-state index in [-0.39, 0.29) is 18.0 Å². The molecule has 3 amide bonds. The second-order valence-corrected chi connectivity index (χ2v) is 7.23. The Morgan fingerprint density at radius 2 is 1.86 bits per heavy atom. The van der Waals surface area contributed by atoms with Crippen LogP contribution in [0.4, 0.5) is 16.3 Å².